The molecule has 21 heavy (non-hydrogen) atoms. The molecule has 1 aliphatic heterocycles. The molecule has 0 saturated carbocycles. The Labute approximate surface area is 124 Å². The number of rotatable bonds is 4. The first-order valence-electron chi connectivity index (χ1n) is 6.88. The number of nitrogens with zero attached hydrogens (tertiary/aromatic N) is 3. The second kappa shape index (κ2) is 5.23. The van der Waals surface area contributed by atoms with Crippen molar-refractivity contribution in [1.29, 1.82) is 0 Å². The Morgan fingerprint density at radius 3 is 2.76 bits per heavy atom. The van der Waals surface area contributed by atoms with Gasteiger partial charge in [-0.3, -0.25) is 0 Å². The van der Waals surface area contributed by atoms with Gasteiger partial charge in [-0.15, -0.1) is 0 Å². The molecule has 1 N–H and O–H groups in total. The highest BCUT2D eigenvalue weighted by Crippen LogP contribution is 2.23. The Bertz CT molecular complexity index is 726. The fourth-order valence-corrected chi connectivity index (χ4v) is 4.64. The summed E-state index contributed by atoms with van der Waals surface area (Å²) in [5.41, 5.74) is 1.33. The van der Waals surface area contributed by atoms with Crippen LogP contribution in [0.4, 0.5) is 0 Å². The molecule has 1 aliphatic rings. The van der Waals surface area contributed by atoms with Gasteiger partial charge in [-0.1, -0.05) is 18.2 Å². The molecule has 1 saturated heterocycles. The van der Waals surface area contributed by atoms with E-state index in [4.69, 9.17) is 0 Å². The summed E-state index contributed by atoms with van der Waals surface area (Å²) in [6.07, 6.45) is 2.34. The SMILES string of the molecule is CC1(NCc2cnn(-c3ccccc3)n2)CCS(=O)(=O)C1. The summed E-state index contributed by atoms with van der Waals surface area (Å²) in [5, 5.41) is 11.9. The van der Waals surface area contributed by atoms with Crippen LogP contribution in [0.1, 0.15) is 19.0 Å². The molecule has 1 aromatic heterocycles. The van der Waals surface area contributed by atoms with Crippen molar-refractivity contribution >= 4 is 9.84 Å². The number of benzene rings is 1. The minimum Gasteiger partial charge on any atom is -0.305 e. The predicted molar refractivity (Wildman–Crippen MR) is 79.9 cm³/mol. The first-order chi connectivity index (χ1) is 9.96. The maximum atomic E-state index is 11.6. The summed E-state index contributed by atoms with van der Waals surface area (Å²) in [6.45, 7) is 2.46. The molecular formula is C14H18N4O2S. The van der Waals surface area contributed by atoms with Gasteiger partial charge in [-0.2, -0.15) is 15.0 Å². The third-order valence-electron chi connectivity index (χ3n) is 3.73. The van der Waals surface area contributed by atoms with E-state index < -0.39 is 9.84 Å². The smallest absolute Gasteiger partial charge is 0.152 e. The Hall–Kier alpha value is -1.73. The molecule has 2 aromatic rings. The van der Waals surface area contributed by atoms with Gasteiger partial charge < -0.3 is 5.32 Å². The van der Waals surface area contributed by atoms with E-state index in [1.807, 2.05) is 37.3 Å². The number of aromatic nitrogens is 3. The molecule has 1 unspecified atom stereocenters. The molecule has 6 nitrogen and oxygen atoms in total. The Kier molecular flexibility index (Phi) is 3.54. The molecule has 7 heteroatoms. The van der Waals surface area contributed by atoms with E-state index in [-0.39, 0.29) is 17.0 Å². The molecule has 2 heterocycles. The largest absolute Gasteiger partial charge is 0.305 e. The fourth-order valence-electron chi connectivity index (χ4n) is 2.52. The molecule has 1 aromatic carbocycles. The van der Waals surface area contributed by atoms with Crippen LogP contribution >= 0.6 is 0 Å². The number of sulfone groups is 1. The van der Waals surface area contributed by atoms with E-state index in [1.54, 1.807) is 11.0 Å². The average molecular weight is 306 g/mol. The lowest BCUT2D eigenvalue weighted by Crippen LogP contribution is -2.42. The van der Waals surface area contributed by atoms with E-state index in [0.717, 1.165) is 11.4 Å². The van der Waals surface area contributed by atoms with Crippen molar-refractivity contribution in [2.45, 2.75) is 25.4 Å². The summed E-state index contributed by atoms with van der Waals surface area (Å²) in [4.78, 5) is 1.57. The summed E-state index contributed by atoms with van der Waals surface area (Å²) in [7, 11) is -2.90. The van der Waals surface area contributed by atoms with Crippen LogP contribution in [0.15, 0.2) is 36.5 Å². The zero-order chi connectivity index (χ0) is 14.9. The normalized spacial score (nSPS) is 24.2. The van der Waals surface area contributed by atoms with Crippen LogP contribution < -0.4 is 5.32 Å². The van der Waals surface area contributed by atoms with Crippen molar-refractivity contribution in [2.75, 3.05) is 11.5 Å². The summed E-state index contributed by atoms with van der Waals surface area (Å²) in [6, 6.07) is 9.67. The third kappa shape index (κ3) is 3.30. The standard InChI is InChI=1S/C14H18N4O2S/c1-14(7-8-21(19,20)11-14)15-9-12-10-16-18(17-12)13-5-3-2-4-6-13/h2-6,10,15H,7-9,11H2,1H3. The Balaban J connectivity index is 1.66. The summed E-state index contributed by atoms with van der Waals surface area (Å²) in [5.74, 6) is 0.444. The van der Waals surface area contributed by atoms with Crippen LogP contribution in [0.25, 0.3) is 5.69 Å². The van der Waals surface area contributed by atoms with Crippen LogP contribution in [-0.2, 0) is 16.4 Å². The molecule has 1 fully saturated rings. The van der Waals surface area contributed by atoms with Gasteiger partial charge in [-0.05, 0) is 25.5 Å². The van der Waals surface area contributed by atoms with E-state index in [0.29, 0.717) is 13.0 Å². The Morgan fingerprint density at radius 2 is 2.10 bits per heavy atom. The fraction of sp³-hybridized carbons (Fsp3) is 0.429. The monoisotopic (exact) mass is 306 g/mol. The van der Waals surface area contributed by atoms with Crippen LogP contribution in [-0.4, -0.2) is 40.5 Å². The van der Waals surface area contributed by atoms with Crippen molar-refractivity contribution < 1.29 is 8.42 Å². The lowest BCUT2D eigenvalue weighted by atomic mass is 10.0. The average Bonchev–Trinajstić information content (AvgIpc) is 3.03. The van der Waals surface area contributed by atoms with Gasteiger partial charge in [0.1, 0.15) is 0 Å². The molecule has 0 bridgehead atoms. The molecule has 0 amide bonds. The topological polar surface area (TPSA) is 76.9 Å². The second-order valence-electron chi connectivity index (χ2n) is 5.72. The third-order valence-corrected chi connectivity index (χ3v) is 5.63. The van der Waals surface area contributed by atoms with Gasteiger partial charge in [0.15, 0.2) is 9.84 Å². The maximum absolute atomic E-state index is 11.6. The number of hydrogen-bond acceptors (Lipinski definition) is 5. The zero-order valence-corrected chi connectivity index (χ0v) is 12.7. The van der Waals surface area contributed by atoms with Gasteiger partial charge in [0, 0.05) is 12.1 Å². The quantitative estimate of drug-likeness (QED) is 0.909. The lowest BCUT2D eigenvalue weighted by molar-refractivity contribution is 0.392. The van der Waals surface area contributed by atoms with Crippen molar-refractivity contribution in [3.05, 3.63) is 42.2 Å². The minimum absolute atomic E-state index is 0.187. The predicted octanol–water partition coefficient (Wildman–Crippen LogP) is 0.934. The van der Waals surface area contributed by atoms with Crippen molar-refractivity contribution in [2.24, 2.45) is 0 Å². The first kappa shape index (κ1) is 14.2. The number of hydrogen-bond donors (Lipinski definition) is 1. The molecule has 0 aliphatic carbocycles. The van der Waals surface area contributed by atoms with Gasteiger partial charge in [0.25, 0.3) is 0 Å². The van der Waals surface area contributed by atoms with Crippen molar-refractivity contribution in [1.82, 2.24) is 20.3 Å². The van der Waals surface area contributed by atoms with Gasteiger partial charge >= 0.3 is 0 Å². The molecule has 0 spiro atoms. The molecule has 1 atom stereocenters. The molecule has 0 radical (unpaired) electrons. The molecule has 3 rings (SSSR count). The summed E-state index contributed by atoms with van der Waals surface area (Å²) < 4.78 is 23.1. The first-order valence-corrected chi connectivity index (χ1v) is 8.70. The van der Waals surface area contributed by atoms with Crippen molar-refractivity contribution in [3.8, 4) is 5.69 Å². The Morgan fingerprint density at radius 1 is 1.33 bits per heavy atom. The van der Waals surface area contributed by atoms with Crippen LogP contribution in [0, 0.1) is 0 Å². The van der Waals surface area contributed by atoms with Gasteiger partial charge in [0.05, 0.1) is 29.1 Å². The van der Waals surface area contributed by atoms with Crippen LogP contribution in [0.3, 0.4) is 0 Å². The highest BCUT2D eigenvalue weighted by atomic mass is 32.2. The summed E-state index contributed by atoms with van der Waals surface area (Å²) >= 11 is 0. The van der Waals surface area contributed by atoms with Crippen LogP contribution in [0.5, 0.6) is 0 Å². The van der Waals surface area contributed by atoms with E-state index in [2.05, 4.69) is 15.5 Å². The minimum atomic E-state index is -2.90. The second-order valence-corrected chi connectivity index (χ2v) is 7.90. The molecule has 112 valence electrons. The lowest BCUT2D eigenvalue weighted by Gasteiger charge is -2.23. The van der Waals surface area contributed by atoms with E-state index in [1.165, 1.54) is 0 Å². The highest BCUT2D eigenvalue weighted by molar-refractivity contribution is 7.91. The zero-order valence-electron chi connectivity index (χ0n) is 11.9. The van der Waals surface area contributed by atoms with Gasteiger partial charge in [-0.25, -0.2) is 8.42 Å². The van der Waals surface area contributed by atoms with Crippen LogP contribution in [0.2, 0.25) is 0 Å². The van der Waals surface area contributed by atoms with Gasteiger partial charge in [0.2, 0.25) is 0 Å². The van der Waals surface area contributed by atoms with E-state index in [9.17, 15) is 8.42 Å². The molecular weight excluding hydrogens is 288 g/mol. The number of para-hydroxylation sites is 1. The maximum Gasteiger partial charge on any atom is 0.152 e. The van der Waals surface area contributed by atoms with Crippen molar-refractivity contribution in [3.63, 3.8) is 0 Å². The van der Waals surface area contributed by atoms with E-state index >= 15 is 0 Å². The number of nitrogens with one attached hydrogen (secondary N) is 1. The highest BCUT2D eigenvalue weighted by Gasteiger charge is 2.37.